The molecule has 2 aromatic carbocycles. The molecule has 0 aromatic heterocycles. The molecule has 0 heterocycles. The van der Waals surface area contributed by atoms with Gasteiger partial charge in [0.05, 0.1) is 5.56 Å². The quantitative estimate of drug-likeness (QED) is 0.764. The molecule has 2 nitrogen and oxygen atoms in total. The van der Waals surface area contributed by atoms with Gasteiger partial charge in [-0.2, -0.15) is 0 Å². The summed E-state index contributed by atoms with van der Waals surface area (Å²) in [5.41, 5.74) is 1.50. The van der Waals surface area contributed by atoms with E-state index in [0.717, 1.165) is 14.6 Å². The first kappa shape index (κ1) is 13.3. The third-order valence-electron chi connectivity index (χ3n) is 2.61. The van der Waals surface area contributed by atoms with E-state index in [9.17, 15) is 4.79 Å². The number of carbonyl (C=O) groups is 1. The molecule has 0 spiro atoms. The average molecular weight is 369 g/mol. The van der Waals surface area contributed by atoms with Gasteiger partial charge in [0.2, 0.25) is 0 Å². The van der Waals surface area contributed by atoms with Gasteiger partial charge in [-0.15, -0.1) is 0 Å². The number of nitrogens with zero attached hydrogens (tertiary/aromatic N) is 1. The Hall–Kier alpha value is -1.13. The van der Waals surface area contributed by atoms with Gasteiger partial charge in [-0.3, -0.25) is 4.79 Å². The number of rotatable bonds is 2. The molecule has 0 aliphatic heterocycles. The summed E-state index contributed by atoms with van der Waals surface area (Å²) in [5, 5.41) is 0. The summed E-state index contributed by atoms with van der Waals surface area (Å²) in [6.45, 7) is 0. The van der Waals surface area contributed by atoms with Crippen LogP contribution >= 0.6 is 31.9 Å². The van der Waals surface area contributed by atoms with Crippen molar-refractivity contribution in [3.05, 3.63) is 63.0 Å². The minimum atomic E-state index is -0.0469. The standard InChI is InChI=1S/C14H11Br2NO/c1-17(11-5-3-2-4-6-11)14(18)12-9-10(15)7-8-13(12)16/h2-9H,1H3. The highest BCUT2D eigenvalue weighted by Crippen LogP contribution is 2.24. The molecule has 0 fully saturated rings. The molecule has 0 atom stereocenters. The van der Waals surface area contributed by atoms with Crippen molar-refractivity contribution in [2.24, 2.45) is 0 Å². The summed E-state index contributed by atoms with van der Waals surface area (Å²) >= 11 is 6.78. The number of benzene rings is 2. The van der Waals surface area contributed by atoms with E-state index < -0.39 is 0 Å². The van der Waals surface area contributed by atoms with Crippen LogP contribution in [0.15, 0.2) is 57.5 Å². The van der Waals surface area contributed by atoms with Gasteiger partial charge < -0.3 is 4.90 Å². The largest absolute Gasteiger partial charge is 0.311 e. The molecule has 0 unspecified atom stereocenters. The highest BCUT2D eigenvalue weighted by molar-refractivity contribution is 9.11. The van der Waals surface area contributed by atoms with Crippen LogP contribution in [0.3, 0.4) is 0 Å². The van der Waals surface area contributed by atoms with Crippen LogP contribution in [0, 0.1) is 0 Å². The van der Waals surface area contributed by atoms with Crippen molar-refractivity contribution in [2.75, 3.05) is 11.9 Å². The van der Waals surface area contributed by atoms with Crippen molar-refractivity contribution in [3.63, 3.8) is 0 Å². The molecule has 0 saturated heterocycles. The Bertz CT molecular complexity index is 569. The number of carbonyl (C=O) groups excluding carboxylic acids is 1. The van der Waals surface area contributed by atoms with Gasteiger partial charge >= 0.3 is 0 Å². The van der Waals surface area contributed by atoms with Gasteiger partial charge in [-0.1, -0.05) is 34.1 Å². The molecule has 0 N–H and O–H groups in total. The zero-order chi connectivity index (χ0) is 13.1. The normalized spacial score (nSPS) is 10.2. The fourth-order valence-electron chi connectivity index (χ4n) is 1.61. The van der Waals surface area contributed by atoms with Crippen molar-refractivity contribution in [1.82, 2.24) is 0 Å². The van der Waals surface area contributed by atoms with Crippen LogP contribution in [0.5, 0.6) is 0 Å². The second-order valence-corrected chi connectivity index (χ2v) is 5.59. The van der Waals surface area contributed by atoms with Gasteiger partial charge in [-0.25, -0.2) is 0 Å². The van der Waals surface area contributed by atoms with E-state index in [1.165, 1.54) is 0 Å². The van der Waals surface area contributed by atoms with Crippen LogP contribution in [0.2, 0.25) is 0 Å². The molecule has 0 radical (unpaired) electrons. The monoisotopic (exact) mass is 367 g/mol. The lowest BCUT2D eigenvalue weighted by Gasteiger charge is -2.18. The highest BCUT2D eigenvalue weighted by Gasteiger charge is 2.16. The van der Waals surface area contributed by atoms with Crippen LogP contribution in [0.4, 0.5) is 5.69 Å². The maximum atomic E-state index is 12.4. The van der Waals surface area contributed by atoms with Gasteiger partial charge in [0.15, 0.2) is 0 Å². The average Bonchev–Trinajstić information content (AvgIpc) is 2.41. The predicted molar refractivity (Wildman–Crippen MR) is 81.0 cm³/mol. The molecule has 0 bridgehead atoms. The number of hydrogen-bond acceptors (Lipinski definition) is 1. The fourth-order valence-corrected chi connectivity index (χ4v) is 2.39. The van der Waals surface area contributed by atoms with Gasteiger partial charge in [-0.05, 0) is 46.3 Å². The molecule has 4 heteroatoms. The summed E-state index contributed by atoms with van der Waals surface area (Å²) in [6, 6.07) is 15.1. The van der Waals surface area contributed by atoms with Gasteiger partial charge in [0.1, 0.15) is 0 Å². The van der Waals surface area contributed by atoms with Crippen molar-refractivity contribution in [3.8, 4) is 0 Å². The Balaban J connectivity index is 2.34. The first-order valence-corrected chi connectivity index (χ1v) is 6.96. The second kappa shape index (κ2) is 5.67. The molecule has 0 aliphatic rings. The lowest BCUT2D eigenvalue weighted by Crippen LogP contribution is -2.26. The highest BCUT2D eigenvalue weighted by atomic mass is 79.9. The number of para-hydroxylation sites is 1. The zero-order valence-corrected chi connectivity index (χ0v) is 12.9. The van der Waals surface area contributed by atoms with Crippen molar-refractivity contribution in [1.29, 1.82) is 0 Å². The van der Waals surface area contributed by atoms with E-state index in [1.54, 1.807) is 11.9 Å². The van der Waals surface area contributed by atoms with E-state index in [-0.39, 0.29) is 5.91 Å². The molecule has 0 aliphatic carbocycles. The molecule has 1 amide bonds. The van der Waals surface area contributed by atoms with E-state index in [1.807, 2.05) is 48.5 Å². The van der Waals surface area contributed by atoms with Crippen molar-refractivity contribution >= 4 is 43.5 Å². The van der Waals surface area contributed by atoms with Crippen LogP contribution in [-0.2, 0) is 0 Å². The number of hydrogen-bond donors (Lipinski definition) is 0. The van der Waals surface area contributed by atoms with Gasteiger partial charge in [0, 0.05) is 21.7 Å². The molecular formula is C14H11Br2NO. The second-order valence-electron chi connectivity index (χ2n) is 3.82. The topological polar surface area (TPSA) is 20.3 Å². The fraction of sp³-hybridized carbons (Fsp3) is 0.0714. The minimum absolute atomic E-state index is 0.0469. The predicted octanol–water partition coefficient (Wildman–Crippen LogP) is 4.49. The summed E-state index contributed by atoms with van der Waals surface area (Å²) in [6.07, 6.45) is 0. The summed E-state index contributed by atoms with van der Waals surface area (Å²) in [5.74, 6) is -0.0469. The maximum absolute atomic E-state index is 12.4. The van der Waals surface area contributed by atoms with E-state index in [4.69, 9.17) is 0 Å². The number of anilines is 1. The molecule has 0 saturated carbocycles. The third kappa shape index (κ3) is 2.82. The van der Waals surface area contributed by atoms with Crippen LogP contribution in [0.25, 0.3) is 0 Å². The Labute approximate surface area is 123 Å². The first-order valence-electron chi connectivity index (χ1n) is 5.38. The van der Waals surface area contributed by atoms with Crippen LogP contribution < -0.4 is 4.90 Å². The van der Waals surface area contributed by atoms with Crippen molar-refractivity contribution < 1.29 is 4.79 Å². The Morgan fingerprint density at radius 1 is 1.06 bits per heavy atom. The molecule has 92 valence electrons. The van der Waals surface area contributed by atoms with E-state index >= 15 is 0 Å². The molecule has 18 heavy (non-hydrogen) atoms. The lowest BCUT2D eigenvalue weighted by molar-refractivity contribution is 0.0992. The summed E-state index contributed by atoms with van der Waals surface area (Å²) in [4.78, 5) is 14.0. The summed E-state index contributed by atoms with van der Waals surface area (Å²) in [7, 11) is 1.77. The molecular weight excluding hydrogens is 358 g/mol. The van der Waals surface area contributed by atoms with Crippen LogP contribution in [-0.4, -0.2) is 13.0 Å². The SMILES string of the molecule is CN(C(=O)c1cc(Br)ccc1Br)c1ccccc1. The van der Waals surface area contributed by atoms with Crippen LogP contribution in [0.1, 0.15) is 10.4 Å². The minimum Gasteiger partial charge on any atom is -0.311 e. The Morgan fingerprint density at radius 3 is 2.39 bits per heavy atom. The molecule has 2 aromatic rings. The van der Waals surface area contributed by atoms with Gasteiger partial charge in [0.25, 0.3) is 5.91 Å². The zero-order valence-electron chi connectivity index (χ0n) is 9.73. The molecule has 2 rings (SSSR count). The lowest BCUT2D eigenvalue weighted by atomic mass is 10.2. The Kier molecular flexibility index (Phi) is 4.19. The van der Waals surface area contributed by atoms with E-state index in [0.29, 0.717) is 5.56 Å². The third-order valence-corrected chi connectivity index (χ3v) is 3.79. The summed E-state index contributed by atoms with van der Waals surface area (Å²) < 4.78 is 1.67. The van der Waals surface area contributed by atoms with E-state index in [2.05, 4.69) is 31.9 Å². The number of halogens is 2. The first-order chi connectivity index (χ1) is 8.59. The number of amides is 1. The van der Waals surface area contributed by atoms with Crippen molar-refractivity contribution in [2.45, 2.75) is 0 Å². The maximum Gasteiger partial charge on any atom is 0.259 e. The smallest absolute Gasteiger partial charge is 0.259 e. The Morgan fingerprint density at radius 2 is 1.72 bits per heavy atom.